The lowest BCUT2D eigenvalue weighted by Crippen LogP contribution is -2.03. The fourth-order valence-corrected chi connectivity index (χ4v) is 3.06. The Bertz CT molecular complexity index is 954. The van der Waals surface area contributed by atoms with E-state index >= 15 is 0 Å². The number of alkyl halides is 3. The van der Waals surface area contributed by atoms with Crippen LogP contribution in [0, 0.1) is 0 Å². The molecular formula is C17H10F3N3S. The minimum atomic E-state index is -4.32. The maximum Gasteiger partial charge on any atom is 0.416 e. The molecule has 4 aromatic rings. The molecular weight excluding hydrogens is 335 g/mol. The van der Waals surface area contributed by atoms with Gasteiger partial charge in [0.25, 0.3) is 0 Å². The van der Waals surface area contributed by atoms with Crippen molar-refractivity contribution in [3.63, 3.8) is 0 Å². The molecule has 2 aromatic carbocycles. The molecule has 0 aliphatic carbocycles. The van der Waals surface area contributed by atoms with Crippen LogP contribution in [0.3, 0.4) is 0 Å². The van der Waals surface area contributed by atoms with E-state index in [1.54, 1.807) is 10.0 Å². The maximum atomic E-state index is 12.6. The highest BCUT2D eigenvalue weighted by Gasteiger charge is 2.29. The highest BCUT2D eigenvalue weighted by molar-refractivity contribution is 7.14. The standard InChI is InChI=1S/C17H10F3N3S/c18-17(19,20)14-7-5-12(6-8-14)11-1-3-13(4-2-11)15-9-23-16(22-15)24-10-21-23/h1-10H. The highest BCUT2D eigenvalue weighted by Crippen LogP contribution is 2.31. The summed E-state index contributed by atoms with van der Waals surface area (Å²) in [6.45, 7) is 0. The molecule has 0 atom stereocenters. The van der Waals surface area contributed by atoms with Crippen LogP contribution in [-0.2, 0) is 6.18 Å². The Labute approximate surface area is 139 Å². The molecule has 0 aliphatic rings. The first-order valence-corrected chi connectivity index (χ1v) is 7.96. The number of imidazole rings is 1. The zero-order valence-electron chi connectivity index (χ0n) is 12.2. The Balaban J connectivity index is 1.62. The number of rotatable bonds is 2. The Morgan fingerprint density at radius 1 is 0.833 bits per heavy atom. The van der Waals surface area contributed by atoms with Gasteiger partial charge in [0.2, 0.25) is 4.96 Å². The second kappa shape index (κ2) is 5.45. The van der Waals surface area contributed by atoms with E-state index in [-0.39, 0.29) is 0 Å². The Kier molecular flexibility index (Phi) is 3.38. The normalized spacial score (nSPS) is 12.0. The van der Waals surface area contributed by atoms with Gasteiger partial charge in [0.15, 0.2) is 0 Å². The number of nitrogens with zero attached hydrogens (tertiary/aromatic N) is 3. The molecule has 0 spiro atoms. The number of hydrogen-bond acceptors (Lipinski definition) is 3. The Hall–Kier alpha value is -2.67. The van der Waals surface area contributed by atoms with Gasteiger partial charge in [0.05, 0.1) is 17.5 Å². The zero-order chi connectivity index (χ0) is 16.7. The number of fused-ring (bicyclic) bond motifs is 1. The summed E-state index contributed by atoms with van der Waals surface area (Å²) >= 11 is 1.45. The van der Waals surface area contributed by atoms with E-state index in [0.29, 0.717) is 0 Å². The van der Waals surface area contributed by atoms with E-state index in [9.17, 15) is 13.2 Å². The van der Waals surface area contributed by atoms with E-state index in [2.05, 4.69) is 10.1 Å². The summed E-state index contributed by atoms with van der Waals surface area (Å²) in [5.41, 5.74) is 4.42. The molecule has 0 saturated carbocycles. The fraction of sp³-hybridized carbons (Fsp3) is 0.0588. The van der Waals surface area contributed by atoms with Crippen LogP contribution in [0.4, 0.5) is 13.2 Å². The summed E-state index contributed by atoms with van der Waals surface area (Å²) in [7, 11) is 0. The van der Waals surface area contributed by atoms with Gasteiger partial charge in [-0.15, -0.1) is 0 Å². The lowest BCUT2D eigenvalue weighted by Gasteiger charge is -2.08. The molecule has 0 unspecified atom stereocenters. The molecule has 0 saturated heterocycles. The molecule has 24 heavy (non-hydrogen) atoms. The smallest absolute Gasteiger partial charge is 0.217 e. The summed E-state index contributed by atoms with van der Waals surface area (Å²) in [4.78, 5) is 5.29. The van der Waals surface area contributed by atoms with Crippen molar-refractivity contribution in [2.75, 3.05) is 0 Å². The Morgan fingerprint density at radius 3 is 2.00 bits per heavy atom. The average molecular weight is 345 g/mol. The second-order valence-electron chi connectivity index (χ2n) is 5.24. The molecule has 0 amide bonds. The molecule has 0 radical (unpaired) electrons. The lowest BCUT2D eigenvalue weighted by molar-refractivity contribution is -0.137. The van der Waals surface area contributed by atoms with Crippen LogP contribution < -0.4 is 0 Å². The SMILES string of the molecule is FC(F)(F)c1ccc(-c2ccc(-c3cn4ncsc4n3)cc2)cc1. The van der Waals surface area contributed by atoms with E-state index < -0.39 is 11.7 Å². The third kappa shape index (κ3) is 2.67. The van der Waals surface area contributed by atoms with Crippen LogP contribution >= 0.6 is 11.3 Å². The van der Waals surface area contributed by atoms with E-state index in [4.69, 9.17) is 0 Å². The predicted octanol–water partition coefficient (Wildman–Crippen LogP) is 5.14. The maximum absolute atomic E-state index is 12.6. The van der Waals surface area contributed by atoms with E-state index in [1.807, 2.05) is 30.5 Å². The Morgan fingerprint density at radius 2 is 1.42 bits per heavy atom. The summed E-state index contributed by atoms with van der Waals surface area (Å²) in [5, 5.41) is 4.14. The second-order valence-corrected chi connectivity index (χ2v) is 6.06. The van der Waals surface area contributed by atoms with Gasteiger partial charge in [0, 0.05) is 5.56 Å². The third-order valence-corrected chi connectivity index (χ3v) is 4.40. The van der Waals surface area contributed by atoms with Gasteiger partial charge in [-0.05, 0) is 23.3 Å². The number of hydrogen-bond donors (Lipinski definition) is 0. The van der Waals surface area contributed by atoms with E-state index in [1.165, 1.54) is 23.5 Å². The molecule has 120 valence electrons. The molecule has 3 nitrogen and oxygen atoms in total. The fourth-order valence-electron chi connectivity index (χ4n) is 2.46. The molecule has 2 aromatic heterocycles. The van der Waals surface area contributed by atoms with Crippen LogP contribution in [0.2, 0.25) is 0 Å². The van der Waals surface area contributed by atoms with Gasteiger partial charge in [-0.2, -0.15) is 18.3 Å². The number of benzene rings is 2. The van der Waals surface area contributed by atoms with Crippen LogP contribution in [0.5, 0.6) is 0 Å². The monoisotopic (exact) mass is 345 g/mol. The first kappa shape index (κ1) is 14.9. The molecule has 0 N–H and O–H groups in total. The van der Waals surface area contributed by atoms with Crippen molar-refractivity contribution < 1.29 is 13.2 Å². The summed E-state index contributed by atoms with van der Waals surface area (Å²) < 4.78 is 39.5. The van der Waals surface area contributed by atoms with Gasteiger partial charge >= 0.3 is 6.18 Å². The van der Waals surface area contributed by atoms with Crippen molar-refractivity contribution in [3.05, 3.63) is 65.8 Å². The third-order valence-electron chi connectivity index (χ3n) is 3.71. The van der Waals surface area contributed by atoms with Gasteiger partial charge < -0.3 is 0 Å². The van der Waals surface area contributed by atoms with E-state index in [0.717, 1.165) is 39.5 Å². The minimum absolute atomic E-state index is 0.645. The molecule has 2 heterocycles. The van der Waals surface area contributed by atoms with Gasteiger partial charge in [-0.25, -0.2) is 9.50 Å². The summed E-state index contributed by atoms with van der Waals surface area (Å²) in [5.74, 6) is 0. The van der Waals surface area contributed by atoms with Crippen LogP contribution in [0.25, 0.3) is 27.3 Å². The van der Waals surface area contributed by atoms with Crippen molar-refractivity contribution >= 4 is 16.3 Å². The van der Waals surface area contributed by atoms with Crippen LogP contribution in [0.1, 0.15) is 5.56 Å². The van der Waals surface area contributed by atoms with Gasteiger partial charge in [-0.3, -0.25) is 0 Å². The number of halogens is 3. The average Bonchev–Trinajstić information content (AvgIpc) is 3.16. The summed E-state index contributed by atoms with van der Waals surface area (Å²) in [6.07, 6.45) is -2.47. The van der Waals surface area contributed by atoms with Crippen molar-refractivity contribution in [2.45, 2.75) is 6.18 Å². The topological polar surface area (TPSA) is 30.2 Å². The predicted molar refractivity (Wildman–Crippen MR) is 86.7 cm³/mol. The van der Waals surface area contributed by atoms with Crippen LogP contribution in [0.15, 0.2) is 60.2 Å². The highest BCUT2D eigenvalue weighted by atomic mass is 32.1. The quantitative estimate of drug-likeness (QED) is 0.503. The largest absolute Gasteiger partial charge is 0.416 e. The van der Waals surface area contributed by atoms with Crippen molar-refractivity contribution in [1.82, 2.24) is 14.6 Å². The first-order valence-electron chi connectivity index (χ1n) is 7.08. The summed E-state index contributed by atoms with van der Waals surface area (Å²) in [6, 6.07) is 12.7. The molecule has 0 fully saturated rings. The van der Waals surface area contributed by atoms with Crippen molar-refractivity contribution in [1.29, 1.82) is 0 Å². The van der Waals surface area contributed by atoms with Gasteiger partial charge in [-0.1, -0.05) is 47.7 Å². The number of aromatic nitrogens is 3. The van der Waals surface area contributed by atoms with Crippen molar-refractivity contribution in [2.24, 2.45) is 0 Å². The molecule has 0 aliphatic heterocycles. The van der Waals surface area contributed by atoms with Crippen LogP contribution in [-0.4, -0.2) is 14.6 Å². The van der Waals surface area contributed by atoms with Crippen molar-refractivity contribution in [3.8, 4) is 22.4 Å². The molecule has 7 heteroatoms. The zero-order valence-corrected chi connectivity index (χ0v) is 13.0. The molecule has 0 bridgehead atoms. The first-order chi connectivity index (χ1) is 11.5. The lowest BCUT2D eigenvalue weighted by atomic mass is 10.0. The molecule has 4 rings (SSSR count). The minimum Gasteiger partial charge on any atom is -0.217 e. The van der Waals surface area contributed by atoms with Gasteiger partial charge in [0.1, 0.15) is 5.51 Å².